The van der Waals surface area contributed by atoms with Crippen molar-refractivity contribution in [2.75, 3.05) is 0 Å². The lowest BCUT2D eigenvalue weighted by Gasteiger charge is -2.06. The molecule has 2 heterocycles. The van der Waals surface area contributed by atoms with Gasteiger partial charge in [-0.2, -0.15) is 4.68 Å². The number of tetrazole rings is 1. The van der Waals surface area contributed by atoms with Crippen LogP contribution in [-0.2, 0) is 5.75 Å². The molecule has 7 nitrogen and oxygen atoms in total. The van der Waals surface area contributed by atoms with Crippen molar-refractivity contribution in [2.24, 2.45) is 0 Å². The van der Waals surface area contributed by atoms with E-state index in [1.807, 2.05) is 19.1 Å². The fraction of sp³-hybridized carbons (Fsp3) is 0.118. The van der Waals surface area contributed by atoms with Crippen LogP contribution in [0.2, 0.25) is 0 Å². The molecule has 4 rings (SSSR count). The highest BCUT2D eigenvalue weighted by molar-refractivity contribution is 7.98. The number of rotatable bonds is 4. The maximum absolute atomic E-state index is 13.4. The number of aryl methyl sites for hydroxylation is 1. The third kappa shape index (κ3) is 3.08. The second-order valence-electron chi connectivity index (χ2n) is 5.63. The number of nitrogens with zero attached hydrogens (tertiary/aromatic N) is 5. The van der Waals surface area contributed by atoms with Crippen LogP contribution in [0.15, 0.2) is 52.4 Å². The summed E-state index contributed by atoms with van der Waals surface area (Å²) >= 11 is 1.30. The van der Waals surface area contributed by atoms with E-state index in [1.165, 1.54) is 28.6 Å². The summed E-state index contributed by atoms with van der Waals surface area (Å²) in [6.07, 6.45) is 0. The molecule has 0 unspecified atom stereocenters. The van der Waals surface area contributed by atoms with Crippen LogP contribution < -0.4 is 5.56 Å². The number of halogens is 1. The Kier molecular flexibility index (Phi) is 4.21. The average molecular weight is 368 g/mol. The first kappa shape index (κ1) is 16.4. The van der Waals surface area contributed by atoms with Gasteiger partial charge in [-0.05, 0) is 47.2 Å². The van der Waals surface area contributed by atoms with E-state index in [-0.39, 0.29) is 11.4 Å². The zero-order valence-corrected chi connectivity index (χ0v) is 14.5. The molecule has 1 N–H and O–H groups in total. The SMILES string of the molecule is Cc1cccc2c(=O)[nH]c(CSc3nnnn3-c3cccc(F)c3)nc12. The molecule has 0 aliphatic rings. The van der Waals surface area contributed by atoms with E-state index in [0.717, 1.165) is 5.56 Å². The molecule has 0 atom stereocenters. The van der Waals surface area contributed by atoms with Crippen molar-refractivity contribution in [3.63, 3.8) is 0 Å². The van der Waals surface area contributed by atoms with E-state index >= 15 is 0 Å². The van der Waals surface area contributed by atoms with Crippen LogP contribution in [0.4, 0.5) is 4.39 Å². The summed E-state index contributed by atoms with van der Waals surface area (Å²) < 4.78 is 14.9. The summed E-state index contributed by atoms with van der Waals surface area (Å²) in [4.78, 5) is 19.6. The molecule has 4 aromatic rings. The molecule has 0 fully saturated rings. The Balaban J connectivity index is 1.63. The summed E-state index contributed by atoms with van der Waals surface area (Å²) in [5, 5.41) is 12.5. The number of para-hydroxylation sites is 1. The summed E-state index contributed by atoms with van der Waals surface area (Å²) in [6.45, 7) is 1.91. The van der Waals surface area contributed by atoms with Crippen LogP contribution in [-0.4, -0.2) is 30.2 Å². The molecule has 26 heavy (non-hydrogen) atoms. The molecule has 0 saturated heterocycles. The second kappa shape index (κ2) is 6.68. The number of fused-ring (bicyclic) bond motifs is 1. The van der Waals surface area contributed by atoms with Crippen molar-refractivity contribution in [3.8, 4) is 5.69 Å². The fourth-order valence-electron chi connectivity index (χ4n) is 2.59. The number of benzene rings is 2. The highest BCUT2D eigenvalue weighted by Crippen LogP contribution is 2.22. The molecule has 9 heteroatoms. The Morgan fingerprint density at radius 2 is 2.08 bits per heavy atom. The molecule has 0 radical (unpaired) electrons. The molecular formula is C17H13FN6OS. The van der Waals surface area contributed by atoms with Gasteiger partial charge in [0, 0.05) is 0 Å². The van der Waals surface area contributed by atoms with Crippen LogP contribution in [0.3, 0.4) is 0 Å². The van der Waals surface area contributed by atoms with Gasteiger partial charge in [-0.15, -0.1) is 5.10 Å². The Labute approximate surface area is 151 Å². The number of thioether (sulfide) groups is 1. The molecule has 130 valence electrons. The minimum atomic E-state index is -0.370. The zero-order valence-electron chi connectivity index (χ0n) is 13.7. The predicted octanol–water partition coefficient (Wildman–Crippen LogP) is 2.64. The largest absolute Gasteiger partial charge is 0.309 e. The van der Waals surface area contributed by atoms with E-state index in [9.17, 15) is 9.18 Å². The number of nitrogens with one attached hydrogen (secondary N) is 1. The minimum Gasteiger partial charge on any atom is -0.309 e. The van der Waals surface area contributed by atoms with Crippen LogP contribution in [0.25, 0.3) is 16.6 Å². The van der Waals surface area contributed by atoms with Crippen molar-refractivity contribution in [2.45, 2.75) is 17.8 Å². The third-order valence-electron chi connectivity index (χ3n) is 3.82. The van der Waals surface area contributed by atoms with Gasteiger partial charge >= 0.3 is 0 Å². The van der Waals surface area contributed by atoms with Crippen LogP contribution >= 0.6 is 11.8 Å². The second-order valence-corrected chi connectivity index (χ2v) is 6.57. The molecule has 0 saturated carbocycles. The molecule has 2 aromatic heterocycles. The van der Waals surface area contributed by atoms with Gasteiger partial charge < -0.3 is 4.98 Å². The Morgan fingerprint density at radius 3 is 2.92 bits per heavy atom. The maximum atomic E-state index is 13.4. The molecule has 0 bridgehead atoms. The number of aromatic amines is 1. The average Bonchev–Trinajstić information content (AvgIpc) is 3.09. The number of hydrogen-bond donors (Lipinski definition) is 1. The standard InChI is InChI=1S/C17H13FN6OS/c1-10-4-2-7-13-15(10)19-14(20-16(13)25)9-26-17-21-22-23-24(17)12-6-3-5-11(18)8-12/h2-8H,9H2,1H3,(H,19,20,25). The zero-order chi connectivity index (χ0) is 18.1. The van der Waals surface area contributed by atoms with E-state index in [4.69, 9.17) is 0 Å². The highest BCUT2D eigenvalue weighted by Gasteiger charge is 2.12. The van der Waals surface area contributed by atoms with Crippen LogP contribution in [0.5, 0.6) is 0 Å². The Bertz CT molecular complexity index is 1160. The Hall–Kier alpha value is -3.07. The lowest BCUT2D eigenvalue weighted by atomic mass is 10.1. The molecule has 0 aliphatic carbocycles. The highest BCUT2D eigenvalue weighted by atomic mass is 32.2. The quantitative estimate of drug-likeness (QED) is 0.557. The Morgan fingerprint density at radius 1 is 1.23 bits per heavy atom. The topological polar surface area (TPSA) is 89.4 Å². The number of hydrogen-bond acceptors (Lipinski definition) is 6. The van der Waals surface area contributed by atoms with Gasteiger partial charge in [0.25, 0.3) is 5.56 Å². The summed E-state index contributed by atoms with van der Waals surface area (Å²) in [6, 6.07) is 11.5. The summed E-state index contributed by atoms with van der Waals surface area (Å²) in [7, 11) is 0. The van der Waals surface area contributed by atoms with Gasteiger partial charge in [0.15, 0.2) is 0 Å². The third-order valence-corrected chi connectivity index (χ3v) is 4.75. The van der Waals surface area contributed by atoms with Gasteiger partial charge in [0.2, 0.25) is 5.16 Å². The van der Waals surface area contributed by atoms with Gasteiger partial charge in [-0.3, -0.25) is 4.79 Å². The van der Waals surface area contributed by atoms with Gasteiger partial charge in [-0.25, -0.2) is 9.37 Å². The molecule has 0 spiro atoms. The van der Waals surface area contributed by atoms with Crippen molar-refractivity contribution in [1.82, 2.24) is 30.2 Å². The van der Waals surface area contributed by atoms with Crippen molar-refractivity contribution in [3.05, 3.63) is 70.0 Å². The number of H-pyrrole nitrogens is 1. The van der Waals surface area contributed by atoms with Crippen LogP contribution in [0.1, 0.15) is 11.4 Å². The monoisotopic (exact) mass is 368 g/mol. The maximum Gasteiger partial charge on any atom is 0.258 e. The summed E-state index contributed by atoms with van der Waals surface area (Å²) in [5.41, 5.74) is 1.95. The van der Waals surface area contributed by atoms with Gasteiger partial charge in [-0.1, -0.05) is 30.0 Å². The normalized spacial score (nSPS) is 11.2. The smallest absolute Gasteiger partial charge is 0.258 e. The van der Waals surface area contributed by atoms with Crippen molar-refractivity contribution < 1.29 is 4.39 Å². The first-order valence-electron chi connectivity index (χ1n) is 7.77. The predicted molar refractivity (Wildman–Crippen MR) is 95.8 cm³/mol. The van der Waals surface area contributed by atoms with E-state index < -0.39 is 0 Å². The molecule has 2 aromatic carbocycles. The fourth-order valence-corrected chi connectivity index (χ4v) is 3.35. The first-order chi connectivity index (χ1) is 12.6. The molecular weight excluding hydrogens is 355 g/mol. The minimum absolute atomic E-state index is 0.181. The van der Waals surface area contributed by atoms with E-state index in [0.29, 0.717) is 33.3 Å². The van der Waals surface area contributed by atoms with Crippen molar-refractivity contribution >= 4 is 22.7 Å². The number of aromatic nitrogens is 6. The lowest BCUT2D eigenvalue weighted by molar-refractivity contribution is 0.623. The molecule has 0 aliphatic heterocycles. The summed E-state index contributed by atoms with van der Waals surface area (Å²) in [5.74, 6) is 0.524. The van der Waals surface area contributed by atoms with Crippen LogP contribution in [0, 0.1) is 12.7 Å². The molecule has 0 amide bonds. The van der Waals surface area contributed by atoms with Gasteiger partial charge in [0.05, 0.1) is 22.3 Å². The van der Waals surface area contributed by atoms with E-state index in [2.05, 4.69) is 25.5 Å². The first-order valence-corrected chi connectivity index (χ1v) is 8.76. The van der Waals surface area contributed by atoms with Gasteiger partial charge in [0.1, 0.15) is 11.6 Å². The van der Waals surface area contributed by atoms with Crippen molar-refractivity contribution in [1.29, 1.82) is 0 Å². The lowest BCUT2D eigenvalue weighted by Crippen LogP contribution is -2.12. The van der Waals surface area contributed by atoms with E-state index in [1.54, 1.807) is 18.2 Å².